The van der Waals surface area contributed by atoms with Gasteiger partial charge in [-0.25, -0.2) is 0 Å². The third-order valence-corrected chi connectivity index (χ3v) is 0. The van der Waals surface area contributed by atoms with Gasteiger partial charge in [0.05, 0.1) is 0 Å². The van der Waals surface area contributed by atoms with Crippen LogP contribution < -0.4 is 6.15 Å². The van der Waals surface area contributed by atoms with Crippen molar-refractivity contribution < 1.29 is 0 Å². The van der Waals surface area contributed by atoms with Crippen molar-refractivity contribution in [1.82, 2.24) is 11.1 Å². The molecule has 0 rings (SSSR count). The molecule has 0 bridgehead atoms. The smallest absolute Gasteiger partial charge is 0.0140 e. The first-order valence-electron chi connectivity index (χ1n) is 2.76. The molecule has 0 fully saturated rings. The Balaban J connectivity index is -0.0000000575. The Kier molecular flexibility index (Phi) is 30.9. The van der Waals surface area contributed by atoms with Gasteiger partial charge in [-0.2, -0.15) is 0 Å². The highest BCUT2D eigenvalue weighted by atomic mass is 15.0. The van der Waals surface area contributed by atoms with Crippen LogP contribution >= 0.6 is 0 Å². The molecule has 0 heterocycles. The highest BCUT2D eigenvalue weighted by Gasteiger charge is 1.58. The highest BCUT2D eigenvalue weighted by Crippen LogP contribution is 1.56. The van der Waals surface area contributed by atoms with Crippen LogP contribution in [0.2, 0.25) is 0 Å². The maximum absolute atomic E-state index is 2.12. The largest absolute Gasteiger partial charge is 0.344 e. The first kappa shape index (κ1) is 15.7. The van der Waals surface area contributed by atoms with Crippen molar-refractivity contribution in [2.24, 2.45) is 0 Å². The zero-order chi connectivity index (χ0) is 6.28. The molecule has 0 aromatic rings. The van der Waals surface area contributed by atoms with Crippen molar-refractivity contribution in [2.45, 2.75) is 20.3 Å². The Morgan fingerprint density at radius 2 is 1.00 bits per heavy atom. The molecule has 0 radical (unpaired) electrons. The van der Waals surface area contributed by atoms with E-state index in [4.69, 9.17) is 0 Å². The Morgan fingerprint density at radius 1 is 1.00 bits per heavy atom. The molecule has 0 aromatic carbocycles. The van der Waals surface area contributed by atoms with Gasteiger partial charge in [-0.3, -0.25) is 0 Å². The van der Waals surface area contributed by atoms with Crippen LogP contribution in [0.4, 0.5) is 0 Å². The minimum Gasteiger partial charge on any atom is -0.344 e. The molecule has 0 amide bonds. The summed E-state index contributed by atoms with van der Waals surface area (Å²) in [5.74, 6) is 0. The topological polar surface area (TPSA) is 38.2 Å². The fourth-order valence-electron chi connectivity index (χ4n) is 0. The van der Waals surface area contributed by atoms with E-state index in [9.17, 15) is 0 Å². The SMILES string of the molecule is CCC.CN(C)C.N. The van der Waals surface area contributed by atoms with Gasteiger partial charge >= 0.3 is 0 Å². The molecule has 8 heavy (non-hydrogen) atoms. The molecule has 2 nitrogen and oxygen atoms in total. The summed E-state index contributed by atoms with van der Waals surface area (Å²) < 4.78 is 0. The van der Waals surface area contributed by atoms with Crippen molar-refractivity contribution >= 4 is 0 Å². The molecular weight excluding hydrogens is 100 g/mol. The van der Waals surface area contributed by atoms with Gasteiger partial charge in [-0.15, -0.1) is 0 Å². The highest BCUT2D eigenvalue weighted by molar-refractivity contribution is 4.09. The second-order valence-electron chi connectivity index (χ2n) is 2.05. The molecule has 0 saturated heterocycles. The third kappa shape index (κ3) is 22400. The van der Waals surface area contributed by atoms with E-state index in [-0.39, 0.29) is 6.15 Å². The van der Waals surface area contributed by atoms with Crippen LogP contribution in [-0.2, 0) is 0 Å². The Bertz CT molecular complexity index is 17.7. The van der Waals surface area contributed by atoms with E-state index in [2.05, 4.69) is 13.8 Å². The Morgan fingerprint density at radius 3 is 1.00 bits per heavy atom. The molecule has 0 aromatic heterocycles. The molecule has 3 N–H and O–H groups in total. The van der Waals surface area contributed by atoms with E-state index < -0.39 is 0 Å². The van der Waals surface area contributed by atoms with E-state index in [1.165, 1.54) is 6.42 Å². The lowest BCUT2D eigenvalue weighted by Gasteiger charge is -1.90. The summed E-state index contributed by atoms with van der Waals surface area (Å²) in [6, 6.07) is 0. The van der Waals surface area contributed by atoms with E-state index in [0.29, 0.717) is 0 Å². The fraction of sp³-hybridized carbons (Fsp3) is 1.00. The minimum atomic E-state index is 0. The lowest BCUT2D eigenvalue weighted by Crippen LogP contribution is -1.99. The zero-order valence-corrected chi connectivity index (χ0v) is 6.86. The second-order valence-corrected chi connectivity index (χ2v) is 2.05. The summed E-state index contributed by atoms with van der Waals surface area (Å²) in [6.07, 6.45) is 1.25. The predicted octanol–water partition coefficient (Wildman–Crippen LogP) is 1.76. The van der Waals surface area contributed by atoms with Crippen LogP contribution in [0.25, 0.3) is 0 Å². The van der Waals surface area contributed by atoms with E-state index in [0.717, 1.165) is 0 Å². The molecule has 0 aliphatic carbocycles. The molecule has 0 unspecified atom stereocenters. The number of hydrogen-bond donors (Lipinski definition) is 1. The maximum atomic E-state index is 2.12. The molecule has 0 aliphatic heterocycles. The summed E-state index contributed by atoms with van der Waals surface area (Å²) in [7, 11) is 6.00. The van der Waals surface area contributed by atoms with Crippen LogP contribution in [-0.4, -0.2) is 26.0 Å². The van der Waals surface area contributed by atoms with Crippen LogP contribution in [0.15, 0.2) is 0 Å². The van der Waals surface area contributed by atoms with Crippen molar-refractivity contribution in [3.05, 3.63) is 0 Å². The number of hydrogen-bond acceptors (Lipinski definition) is 2. The normalized spacial score (nSPS) is 6.75. The van der Waals surface area contributed by atoms with Crippen molar-refractivity contribution in [3.8, 4) is 0 Å². The lowest BCUT2D eigenvalue weighted by atomic mass is 10.6. The molecule has 0 spiro atoms. The first-order valence-corrected chi connectivity index (χ1v) is 2.76. The first-order chi connectivity index (χ1) is 3.15. The van der Waals surface area contributed by atoms with Gasteiger partial charge in [0.15, 0.2) is 0 Å². The standard InChI is InChI=1S/C3H9N.C3H8.H3N/c1-4(2)3;1-3-2;/h1-3H3;3H2,1-2H3;1H3. The number of nitrogens with zero attached hydrogens (tertiary/aromatic N) is 1. The summed E-state index contributed by atoms with van der Waals surface area (Å²) in [4.78, 5) is 2.00. The van der Waals surface area contributed by atoms with Gasteiger partial charge < -0.3 is 11.1 Å². The van der Waals surface area contributed by atoms with Gasteiger partial charge in [0, 0.05) is 0 Å². The van der Waals surface area contributed by atoms with Crippen LogP contribution in [0.1, 0.15) is 20.3 Å². The van der Waals surface area contributed by atoms with Gasteiger partial charge in [-0.1, -0.05) is 20.3 Å². The van der Waals surface area contributed by atoms with Gasteiger partial charge in [0.1, 0.15) is 0 Å². The minimum absolute atomic E-state index is 0. The molecule has 0 atom stereocenters. The Labute approximate surface area is 53.5 Å². The van der Waals surface area contributed by atoms with Gasteiger partial charge in [0.2, 0.25) is 0 Å². The van der Waals surface area contributed by atoms with Crippen molar-refractivity contribution in [2.75, 3.05) is 21.1 Å². The second kappa shape index (κ2) is 15.8. The zero-order valence-electron chi connectivity index (χ0n) is 6.86. The van der Waals surface area contributed by atoms with Gasteiger partial charge in [0.25, 0.3) is 0 Å². The number of rotatable bonds is 0. The molecule has 0 saturated carbocycles. The molecule has 2 heteroatoms. The van der Waals surface area contributed by atoms with Crippen molar-refractivity contribution in [1.29, 1.82) is 0 Å². The monoisotopic (exact) mass is 120 g/mol. The van der Waals surface area contributed by atoms with E-state index in [1.807, 2.05) is 26.0 Å². The average Bonchev–Trinajstić information content (AvgIpc) is 1.33. The van der Waals surface area contributed by atoms with E-state index >= 15 is 0 Å². The molecule has 54 valence electrons. The maximum Gasteiger partial charge on any atom is -0.0140 e. The van der Waals surface area contributed by atoms with Crippen LogP contribution in [0.5, 0.6) is 0 Å². The Hall–Kier alpha value is -0.0800. The van der Waals surface area contributed by atoms with Gasteiger partial charge in [-0.05, 0) is 21.1 Å². The van der Waals surface area contributed by atoms with Crippen LogP contribution in [0.3, 0.4) is 0 Å². The summed E-state index contributed by atoms with van der Waals surface area (Å²) in [5, 5.41) is 0. The average molecular weight is 120 g/mol. The molecule has 0 aliphatic rings. The summed E-state index contributed by atoms with van der Waals surface area (Å²) in [5.41, 5.74) is 0. The molecular formula is C6H20N2. The lowest BCUT2D eigenvalue weighted by molar-refractivity contribution is 0.505. The summed E-state index contributed by atoms with van der Waals surface area (Å²) in [6.45, 7) is 4.25. The van der Waals surface area contributed by atoms with Crippen molar-refractivity contribution in [3.63, 3.8) is 0 Å². The third-order valence-electron chi connectivity index (χ3n) is 0. The van der Waals surface area contributed by atoms with E-state index in [1.54, 1.807) is 0 Å². The quantitative estimate of drug-likeness (QED) is 0.529. The fourth-order valence-corrected chi connectivity index (χ4v) is 0. The van der Waals surface area contributed by atoms with Crippen LogP contribution in [0, 0.1) is 0 Å². The predicted molar refractivity (Wildman–Crippen MR) is 40.6 cm³/mol. The summed E-state index contributed by atoms with van der Waals surface area (Å²) >= 11 is 0.